The minimum absolute atomic E-state index is 0.281. The number of hydrogen-bond acceptors (Lipinski definition) is 1. The van der Waals surface area contributed by atoms with Crippen LogP contribution in [0.2, 0.25) is 0 Å². The van der Waals surface area contributed by atoms with E-state index in [0.29, 0.717) is 5.96 Å². The molecule has 0 bridgehead atoms. The molecule has 0 spiro atoms. The van der Waals surface area contributed by atoms with E-state index in [-0.39, 0.29) is 5.54 Å². The number of nitrogens with one attached hydrogen (secondary N) is 1. The molecule has 3 N–H and O–H groups in total. The molecule has 3 nitrogen and oxygen atoms in total. The molecule has 0 heterocycles. The first-order chi connectivity index (χ1) is 5.72. The van der Waals surface area contributed by atoms with Crippen molar-refractivity contribution in [3.63, 3.8) is 0 Å². The molecule has 0 aliphatic heterocycles. The molecule has 0 unspecified atom stereocenters. The van der Waals surface area contributed by atoms with Gasteiger partial charge < -0.3 is 11.1 Å². The molecule has 0 atom stereocenters. The van der Waals surface area contributed by atoms with Gasteiger partial charge in [0.2, 0.25) is 0 Å². The van der Waals surface area contributed by atoms with Gasteiger partial charge in [-0.05, 0) is 32.6 Å². The average molecular weight is 169 g/mol. The van der Waals surface area contributed by atoms with Crippen LogP contribution >= 0.6 is 0 Å². The fraction of sp³-hybridized carbons (Fsp3) is 0.889. The van der Waals surface area contributed by atoms with Crippen molar-refractivity contribution in [1.29, 1.82) is 0 Å². The Morgan fingerprint density at radius 3 is 2.50 bits per heavy atom. The molecule has 0 saturated heterocycles. The van der Waals surface area contributed by atoms with Crippen molar-refractivity contribution in [3.8, 4) is 0 Å². The van der Waals surface area contributed by atoms with Gasteiger partial charge in [0.25, 0.3) is 0 Å². The molecule has 0 aromatic rings. The van der Waals surface area contributed by atoms with Crippen molar-refractivity contribution >= 4 is 5.96 Å². The highest BCUT2D eigenvalue weighted by molar-refractivity contribution is 5.78. The van der Waals surface area contributed by atoms with Gasteiger partial charge in [-0.3, -0.25) is 4.99 Å². The van der Waals surface area contributed by atoms with Gasteiger partial charge in [0, 0.05) is 12.1 Å². The number of nitrogens with two attached hydrogens (primary N) is 1. The van der Waals surface area contributed by atoms with Gasteiger partial charge in [0.1, 0.15) is 0 Å². The molecular weight excluding hydrogens is 150 g/mol. The lowest BCUT2D eigenvalue weighted by Gasteiger charge is -2.42. The van der Waals surface area contributed by atoms with Crippen LogP contribution in [-0.2, 0) is 0 Å². The summed E-state index contributed by atoms with van der Waals surface area (Å²) in [6.45, 7) is 4.96. The van der Waals surface area contributed by atoms with Crippen LogP contribution in [0.25, 0.3) is 0 Å². The summed E-state index contributed by atoms with van der Waals surface area (Å²) in [6.07, 6.45) is 4.94. The maximum absolute atomic E-state index is 5.69. The van der Waals surface area contributed by atoms with Gasteiger partial charge in [-0.25, -0.2) is 0 Å². The van der Waals surface area contributed by atoms with Gasteiger partial charge in [0.05, 0.1) is 0 Å². The molecule has 0 amide bonds. The normalized spacial score (nSPS) is 21.7. The molecule has 70 valence electrons. The van der Waals surface area contributed by atoms with E-state index in [2.05, 4.69) is 17.2 Å². The standard InChI is InChI=1S/C9H19N3/c1-3-9(6-5-7-9)12-8(10)11-4-2/h3-7H2,1-2H3,(H3,10,11,12). The number of hydrogen-bond donors (Lipinski definition) is 2. The smallest absolute Gasteiger partial charge is 0.189 e. The largest absolute Gasteiger partial charge is 0.370 e. The summed E-state index contributed by atoms with van der Waals surface area (Å²) >= 11 is 0. The molecule has 12 heavy (non-hydrogen) atoms. The molecule has 1 saturated carbocycles. The summed E-state index contributed by atoms with van der Waals surface area (Å²) in [4.78, 5) is 4.12. The summed E-state index contributed by atoms with van der Waals surface area (Å²) in [5.74, 6) is 0.610. The minimum atomic E-state index is 0.281. The van der Waals surface area contributed by atoms with Crippen LogP contribution in [0.3, 0.4) is 0 Å². The van der Waals surface area contributed by atoms with Crippen molar-refractivity contribution in [2.24, 2.45) is 10.7 Å². The lowest BCUT2D eigenvalue weighted by atomic mass is 9.75. The molecular formula is C9H19N3. The summed E-state index contributed by atoms with van der Waals surface area (Å²) < 4.78 is 0. The van der Waals surface area contributed by atoms with Crippen molar-refractivity contribution in [1.82, 2.24) is 5.32 Å². The van der Waals surface area contributed by atoms with E-state index in [0.717, 1.165) is 13.0 Å². The zero-order chi connectivity index (χ0) is 9.03. The first-order valence-corrected chi connectivity index (χ1v) is 4.80. The number of aliphatic imine (C=N–C) groups is 1. The highest BCUT2D eigenvalue weighted by Gasteiger charge is 2.35. The van der Waals surface area contributed by atoms with Gasteiger partial charge in [-0.2, -0.15) is 0 Å². The van der Waals surface area contributed by atoms with E-state index in [1.807, 2.05) is 6.92 Å². The third-order valence-electron chi connectivity index (χ3n) is 2.71. The predicted molar refractivity (Wildman–Crippen MR) is 52.2 cm³/mol. The highest BCUT2D eigenvalue weighted by Crippen LogP contribution is 2.34. The molecule has 1 rings (SSSR count). The first kappa shape index (κ1) is 9.36. The topological polar surface area (TPSA) is 50.4 Å². The van der Waals surface area contributed by atoms with Crippen LogP contribution in [0.1, 0.15) is 39.5 Å². The fourth-order valence-corrected chi connectivity index (χ4v) is 1.65. The van der Waals surface area contributed by atoms with E-state index in [4.69, 9.17) is 5.73 Å². The zero-order valence-corrected chi connectivity index (χ0v) is 8.06. The van der Waals surface area contributed by atoms with Crippen molar-refractivity contribution < 1.29 is 0 Å². The van der Waals surface area contributed by atoms with Crippen LogP contribution in [0, 0.1) is 0 Å². The Bertz CT molecular complexity index is 165. The van der Waals surface area contributed by atoms with E-state index in [9.17, 15) is 0 Å². The fourth-order valence-electron chi connectivity index (χ4n) is 1.65. The Labute approximate surface area is 74.4 Å². The summed E-state index contributed by atoms with van der Waals surface area (Å²) in [6, 6.07) is 0. The quantitative estimate of drug-likeness (QED) is 0.493. The van der Waals surface area contributed by atoms with E-state index >= 15 is 0 Å². The van der Waals surface area contributed by atoms with Crippen molar-refractivity contribution in [3.05, 3.63) is 0 Å². The van der Waals surface area contributed by atoms with Gasteiger partial charge >= 0.3 is 0 Å². The Hall–Kier alpha value is -0.730. The molecule has 1 aliphatic rings. The second-order valence-corrected chi connectivity index (χ2v) is 3.47. The number of rotatable bonds is 3. The van der Waals surface area contributed by atoms with Crippen LogP contribution in [0.4, 0.5) is 0 Å². The molecule has 1 aliphatic carbocycles. The van der Waals surface area contributed by atoms with Gasteiger partial charge in [-0.1, -0.05) is 6.92 Å². The van der Waals surface area contributed by atoms with Gasteiger partial charge in [0.15, 0.2) is 5.96 Å². The molecule has 1 fully saturated rings. The van der Waals surface area contributed by atoms with E-state index in [1.54, 1.807) is 0 Å². The van der Waals surface area contributed by atoms with Gasteiger partial charge in [-0.15, -0.1) is 0 Å². The molecule has 0 aromatic heterocycles. The zero-order valence-electron chi connectivity index (χ0n) is 8.06. The second-order valence-electron chi connectivity index (χ2n) is 3.47. The first-order valence-electron chi connectivity index (χ1n) is 4.80. The SMILES string of the molecule is CCN=C(N)NC1(CC)CCC1. The number of guanidine groups is 1. The Balaban J connectivity index is 2.42. The Morgan fingerprint density at radius 1 is 1.50 bits per heavy atom. The molecule has 0 aromatic carbocycles. The predicted octanol–water partition coefficient (Wildman–Crippen LogP) is 1.24. The molecule has 3 heteroatoms. The molecule has 0 radical (unpaired) electrons. The summed E-state index contributed by atoms with van der Waals surface area (Å²) in [5.41, 5.74) is 5.97. The minimum Gasteiger partial charge on any atom is -0.370 e. The van der Waals surface area contributed by atoms with E-state index in [1.165, 1.54) is 19.3 Å². The number of nitrogens with zero attached hydrogens (tertiary/aromatic N) is 1. The summed E-state index contributed by atoms with van der Waals surface area (Å²) in [5, 5.41) is 3.31. The Kier molecular flexibility index (Phi) is 2.95. The lowest BCUT2D eigenvalue weighted by Crippen LogP contribution is -2.55. The third-order valence-corrected chi connectivity index (χ3v) is 2.71. The highest BCUT2D eigenvalue weighted by atomic mass is 15.1. The monoisotopic (exact) mass is 169 g/mol. The average Bonchev–Trinajstić information content (AvgIpc) is 1.97. The van der Waals surface area contributed by atoms with Crippen LogP contribution in [-0.4, -0.2) is 18.0 Å². The third kappa shape index (κ3) is 1.90. The lowest BCUT2D eigenvalue weighted by molar-refractivity contribution is 0.209. The van der Waals surface area contributed by atoms with Crippen LogP contribution in [0.5, 0.6) is 0 Å². The van der Waals surface area contributed by atoms with Crippen LogP contribution < -0.4 is 11.1 Å². The van der Waals surface area contributed by atoms with Crippen molar-refractivity contribution in [2.45, 2.75) is 45.1 Å². The van der Waals surface area contributed by atoms with Crippen LogP contribution in [0.15, 0.2) is 4.99 Å². The maximum Gasteiger partial charge on any atom is 0.189 e. The second kappa shape index (κ2) is 3.78. The Morgan fingerprint density at radius 2 is 2.17 bits per heavy atom. The maximum atomic E-state index is 5.69. The van der Waals surface area contributed by atoms with Crippen molar-refractivity contribution in [2.75, 3.05) is 6.54 Å². The van der Waals surface area contributed by atoms with E-state index < -0.39 is 0 Å². The summed E-state index contributed by atoms with van der Waals surface area (Å²) in [7, 11) is 0.